The summed E-state index contributed by atoms with van der Waals surface area (Å²) in [4.78, 5) is 26.9. The van der Waals surface area contributed by atoms with Crippen molar-refractivity contribution in [2.45, 2.75) is 44.9 Å². The zero-order chi connectivity index (χ0) is 19.7. The fraction of sp³-hybridized carbons (Fsp3) is 0.450. The third-order valence-electron chi connectivity index (χ3n) is 5.09. The molecule has 2 aliphatic rings. The Labute approximate surface area is 162 Å². The predicted molar refractivity (Wildman–Crippen MR) is 99.3 cm³/mol. The molecule has 0 radical (unpaired) electrons. The van der Waals surface area contributed by atoms with E-state index >= 15 is 0 Å². The molecule has 1 aromatic carbocycles. The minimum Gasteiger partial charge on any atom is -0.482 e. The first-order valence-electron chi connectivity index (χ1n) is 9.46. The number of amides is 2. The number of hydrogen-bond donors (Lipinski definition) is 1. The Morgan fingerprint density at radius 2 is 1.82 bits per heavy atom. The van der Waals surface area contributed by atoms with Crippen LogP contribution in [0.15, 0.2) is 34.9 Å². The molecule has 0 bridgehead atoms. The molecule has 0 unspecified atom stereocenters. The predicted octanol–water partition coefficient (Wildman–Crippen LogP) is 1.93. The summed E-state index contributed by atoms with van der Waals surface area (Å²) in [6, 6.07) is 8.95. The molecule has 8 heteroatoms. The van der Waals surface area contributed by atoms with Crippen LogP contribution in [0.4, 0.5) is 0 Å². The molecule has 4 rings (SSSR count). The lowest BCUT2D eigenvalue weighted by Crippen LogP contribution is -2.54. The number of ether oxygens (including phenoxy) is 2. The molecule has 2 amide bonds. The van der Waals surface area contributed by atoms with E-state index in [9.17, 15) is 9.59 Å². The van der Waals surface area contributed by atoms with Gasteiger partial charge in [0.15, 0.2) is 17.2 Å². The average molecular weight is 385 g/mol. The van der Waals surface area contributed by atoms with Crippen LogP contribution in [0.25, 0.3) is 0 Å². The van der Waals surface area contributed by atoms with Crippen molar-refractivity contribution in [3.63, 3.8) is 0 Å². The Kier molecular flexibility index (Phi) is 4.93. The number of fused-ring (bicyclic) bond motifs is 1. The lowest BCUT2D eigenvalue weighted by Gasteiger charge is -2.37. The number of aromatic nitrogens is 1. The molecule has 0 saturated carbocycles. The number of likely N-dealkylation sites (tertiary alicyclic amines) is 1. The van der Waals surface area contributed by atoms with Gasteiger partial charge in [-0.2, -0.15) is 0 Å². The molecule has 2 aromatic rings. The summed E-state index contributed by atoms with van der Waals surface area (Å²) in [5.41, 5.74) is 0.274. The quantitative estimate of drug-likeness (QED) is 0.868. The van der Waals surface area contributed by atoms with E-state index < -0.39 is 6.10 Å². The molecule has 1 aromatic heterocycles. The number of nitrogens with zero attached hydrogens (tertiary/aromatic N) is 2. The molecule has 28 heavy (non-hydrogen) atoms. The van der Waals surface area contributed by atoms with Crippen LogP contribution >= 0.6 is 0 Å². The second-order valence-electron chi connectivity index (χ2n) is 7.20. The van der Waals surface area contributed by atoms with Crippen molar-refractivity contribution in [1.82, 2.24) is 15.4 Å². The van der Waals surface area contributed by atoms with E-state index in [1.807, 2.05) is 25.1 Å². The Balaban J connectivity index is 1.32. The van der Waals surface area contributed by atoms with E-state index in [1.54, 1.807) is 24.0 Å². The number of piperidine rings is 1. The van der Waals surface area contributed by atoms with Gasteiger partial charge in [0.05, 0.1) is 0 Å². The van der Waals surface area contributed by atoms with Gasteiger partial charge in [0.25, 0.3) is 11.8 Å². The van der Waals surface area contributed by atoms with Gasteiger partial charge >= 0.3 is 0 Å². The summed E-state index contributed by atoms with van der Waals surface area (Å²) in [6.45, 7) is 4.68. The summed E-state index contributed by atoms with van der Waals surface area (Å²) in [5.74, 6) is 1.50. The molecule has 148 valence electrons. The van der Waals surface area contributed by atoms with Gasteiger partial charge in [-0.05, 0) is 38.8 Å². The molecule has 3 heterocycles. The molecule has 0 spiro atoms. The van der Waals surface area contributed by atoms with Crippen molar-refractivity contribution in [1.29, 1.82) is 0 Å². The third kappa shape index (κ3) is 3.67. The second kappa shape index (κ2) is 7.53. The van der Waals surface area contributed by atoms with Crippen molar-refractivity contribution >= 4 is 11.8 Å². The highest BCUT2D eigenvalue weighted by molar-refractivity contribution is 5.92. The van der Waals surface area contributed by atoms with E-state index in [2.05, 4.69) is 10.5 Å². The highest BCUT2D eigenvalue weighted by atomic mass is 16.6. The van der Waals surface area contributed by atoms with Gasteiger partial charge in [0, 0.05) is 25.2 Å². The van der Waals surface area contributed by atoms with Gasteiger partial charge in [-0.1, -0.05) is 17.3 Å². The number of hydrogen-bond acceptors (Lipinski definition) is 6. The molecule has 1 fully saturated rings. The van der Waals surface area contributed by atoms with Crippen molar-refractivity contribution in [2.24, 2.45) is 0 Å². The topological polar surface area (TPSA) is 93.9 Å². The Bertz CT molecular complexity index is 872. The van der Waals surface area contributed by atoms with Gasteiger partial charge in [-0.15, -0.1) is 0 Å². The molecular formula is C20H23N3O5. The van der Waals surface area contributed by atoms with Crippen LogP contribution < -0.4 is 14.8 Å². The summed E-state index contributed by atoms with van der Waals surface area (Å²) in [5, 5.41) is 6.68. The highest BCUT2D eigenvalue weighted by Crippen LogP contribution is 2.34. The number of carbonyl (C=O) groups excluding carboxylic acids is 2. The van der Waals surface area contributed by atoms with Gasteiger partial charge in [0.1, 0.15) is 11.9 Å². The van der Waals surface area contributed by atoms with Crippen LogP contribution in [0.1, 0.15) is 36.0 Å². The first-order chi connectivity index (χ1) is 13.5. The number of aryl methyl sites for hydroxylation is 1. The molecule has 8 nitrogen and oxygen atoms in total. The fourth-order valence-corrected chi connectivity index (χ4v) is 3.55. The van der Waals surface area contributed by atoms with Gasteiger partial charge in [-0.25, -0.2) is 0 Å². The SMILES string of the molecule is Cc1cc(C(=O)NC2CCN(C(=O)[C@@H]3Oc4ccccc4O[C@@H]3C)CC2)no1. The number of nitrogens with one attached hydrogen (secondary N) is 1. The average Bonchev–Trinajstić information content (AvgIpc) is 3.14. The van der Waals surface area contributed by atoms with Crippen molar-refractivity contribution < 1.29 is 23.6 Å². The van der Waals surface area contributed by atoms with Crippen LogP contribution in [-0.2, 0) is 4.79 Å². The van der Waals surface area contributed by atoms with Crippen LogP contribution in [0.2, 0.25) is 0 Å². The minimum atomic E-state index is -0.667. The Morgan fingerprint density at radius 3 is 2.46 bits per heavy atom. The normalized spacial score (nSPS) is 22.0. The van der Waals surface area contributed by atoms with Crippen molar-refractivity contribution in [2.75, 3.05) is 13.1 Å². The monoisotopic (exact) mass is 385 g/mol. The largest absolute Gasteiger partial charge is 0.482 e. The van der Waals surface area contributed by atoms with Gasteiger partial charge in [0.2, 0.25) is 6.10 Å². The molecule has 1 saturated heterocycles. The maximum Gasteiger partial charge on any atom is 0.273 e. The van der Waals surface area contributed by atoms with E-state index in [-0.39, 0.29) is 29.7 Å². The minimum absolute atomic E-state index is 0.00442. The van der Waals surface area contributed by atoms with Crippen LogP contribution in [0.5, 0.6) is 11.5 Å². The van der Waals surface area contributed by atoms with E-state index in [0.29, 0.717) is 43.2 Å². The summed E-state index contributed by atoms with van der Waals surface area (Å²) in [6.07, 6.45) is 0.314. The Hall–Kier alpha value is -3.03. The molecule has 2 aliphatic heterocycles. The van der Waals surface area contributed by atoms with Crippen LogP contribution in [0, 0.1) is 6.92 Å². The number of benzene rings is 1. The first kappa shape index (κ1) is 18.3. The number of rotatable bonds is 3. The second-order valence-corrected chi connectivity index (χ2v) is 7.20. The van der Waals surface area contributed by atoms with Gasteiger partial charge in [-0.3, -0.25) is 9.59 Å². The number of carbonyl (C=O) groups is 2. The lowest BCUT2D eigenvalue weighted by molar-refractivity contribution is -0.145. The maximum atomic E-state index is 12.9. The highest BCUT2D eigenvalue weighted by Gasteiger charge is 2.38. The lowest BCUT2D eigenvalue weighted by atomic mass is 10.0. The summed E-state index contributed by atoms with van der Waals surface area (Å²) in [7, 11) is 0. The number of para-hydroxylation sites is 2. The Morgan fingerprint density at radius 1 is 1.14 bits per heavy atom. The van der Waals surface area contributed by atoms with E-state index in [0.717, 1.165) is 0 Å². The van der Waals surface area contributed by atoms with Crippen molar-refractivity contribution in [3.05, 3.63) is 41.8 Å². The zero-order valence-corrected chi connectivity index (χ0v) is 15.9. The standard InChI is InChI=1S/C20H23N3O5/c1-12-11-15(22-28-12)19(24)21-14-7-9-23(10-8-14)20(25)18-13(2)26-16-5-3-4-6-17(16)27-18/h3-6,11,13-14,18H,7-10H2,1-2H3,(H,21,24)/t13-,18-/m1/s1. The molecule has 2 atom stereocenters. The van der Waals surface area contributed by atoms with E-state index in [4.69, 9.17) is 14.0 Å². The van der Waals surface area contributed by atoms with Crippen LogP contribution in [-0.4, -0.2) is 53.2 Å². The third-order valence-corrected chi connectivity index (χ3v) is 5.09. The summed E-state index contributed by atoms with van der Waals surface area (Å²) >= 11 is 0. The molecule has 0 aliphatic carbocycles. The van der Waals surface area contributed by atoms with Crippen molar-refractivity contribution in [3.8, 4) is 11.5 Å². The first-order valence-corrected chi connectivity index (χ1v) is 9.46. The summed E-state index contributed by atoms with van der Waals surface area (Å²) < 4.78 is 16.7. The maximum absolute atomic E-state index is 12.9. The van der Waals surface area contributed by atoms with E-state index in [1.165, 1.54) is 0 Å². The van der Waals surface area contributed by atoms with Crippen LogP contribution in [0.3, 0.4) is 0 Å². The fourth-order valence-electron chi connectivity index (χ4n) is 3.55. The molecule has 1 N–H and O–H groups in total. The molecular weight excluding hydrogens is 362 g/mol. The zero-order valence-electron chi connectivity index (χ0n) is 15.9. The van der Waals surface area contributed by atoms with Gasteiger partial charge < -0.3 is 24.2 Å². The smallest absolute Gasteiger partial charge is 0.273 e.